The first-order valence-corrected chi connectivity index (χ1v) is 6.45. The molecule has 0 radical (unpaired) electrons. The highest BCUT2D eigenvalue weighted by atomic mass is 16.2. The zero-order chi connectivity index (χ0) is 13.0. The van der Waals surface area contributed by atoms with Crippen LogP contribution in [0.25, 0.3) is 0 Å². The van der Waals surface area contributed by atoms with Crippen molar-refractivity contribution in [1.82, 2.24) is 9.80 Å². The number of nitriles is 1. The van der Waals surface area contributed by atoms with Crippen molar-refractivity contribution in [2.24, 2.45) is 5.92 Å². The van der Waals surface area contributed by atoms with Crippen molar-refractivity contribution in [2.75, 3.05) is 19.6 Å². The Labute approximate surface area is 104 Å². The highest BCUT2D eigenvalue weighted by Gasteiger charge is 2.36. The minimum Gasteiger partial charge on any atom is -0.339 e. The summed E-state index contributed by atoms with van der Waals surface area (Å²) in [6.07, 6.45) is 0.892. The van der Waals surface area contributed by atoms with Crippen molar-refractivity contribution < 1.29 is 4.79 Å². The van der Waals surface area contributed by atoms with E-state index in [4.69, 9.17) is 5.26 Å². The average molecular weight is 237 g/mol. The summed E-state index contributed by atoms with van der Waals surface area (Å²) in [6.45, 7) is 10.4. The van der Waals surface area contributed by atoms with Gasteiger partial charge in [0.1, 0.15) is 0 Å². The lowest BCUT2D eigenvalue weighted by molar-refractivity contribution is -0.133. The van der Waals surface area contributed by atoms with Gasteiger partial charge in [-0.3, -0.25) is 9.69 Å². The Kier molecular flexibility index (Phi) is 4.95. The summed E-state index contributed by atoms with van der Waals surface area (Å²) in [5, 5.41) is 8.86. The molecule has 1 aliphatic heterocycles. The summed E-state index contributed by atoms with van der Waals surface area (Å²) < 4.78 is 0. The van der Waals surface area contributed by atoms with Crippen molar-refractivity contribution in [3.63, 3.8) is 0 Å². The minimum absolute atomic E-state index is 0.0156. The Morgan fingerprint density at radius 1 is 1.53 bits per heavy atom. The molecule has 96 valence electrons. The highest BCUT2D eigenvalue weighted by Crippen LogP contribution is 2.20. The molecule has 4 heteroatoms. The molecule has 1 amide bonds. The first-order chi connectivity index (χ1) is 8.01. The van der Waals surface area contributed by atoms with E-state index < -0.39 is 0 Å². The number of carbonyl (C=O) groups excluding carboxylic acids is 1. The van der Waals surface area contributed by atoms with Gasteiger partial charge in [0.2, 0.25) is 5.91 Å². The lowest BCUT2D eigenvalue weighted by Gasteiger charge is -2.28. The summed E-state index contributed by atoms with van der Waals surface area (Å²) in [6, 6.07) is 2.50. The fourth-order valence-corrected chi connectivity index (χ4v) is 2.41. The van der Waals surface area contributed by atoms with Crippen LogP contribution in [0.15, 0.2) is 0 Å². The molecule has 0 aromatic carbocycles. The smallest absolute Gasteiger partial charge is 0.240 e. The van der Waals surface area contributed by atoms with Gasteiger partial charge in [-0.15, -0.1) is 0 Å². The third-order valence-electron chi connectivity index (χ3n) is 3.41. The summed E-state index contributed by atoms with van der Waals surface area (Å²) in [5.41, 5.74) is 0. The second kappa shape index (κ2) is 6.02. The van der Waals surface area contributed by atoms with E-state index >= 15 is 0 Å². The first kappa shape index (κ1) is 14.0. The summed E-state index contributed by atoms with van der Waals surface area (Å²) in [7, 11) is 0. The van der Waals surface area contributed by atoms with E-state index in [1.165, 1.54) is 0 Å². The lowest BCUT2D eigenvalue weighted by Crippen LogP contribution is -2.44. The zero-order valence-corrected chi connectivity index (χ0v) is 11.3. The summed E-state index contributed by atoms with van der Waals surface area (Å²) >= 11 is 0. The fraction of sp³-hybridized carbons (Fsp3) is 0.846. The Morgan fingerprint density at radius 2 is 2.18 bits per heavy atom. The Morgan fingerprint density at radius 3 is 2.59 bits per heavy atom. The maximum Gasteiger partial charge on any atom is 0.240 e. The first-order valence-electron chi connectivity index (χ1n) is 6.45. The number of carbonyl (C=O) groups is 1. The lowest BCUT2D eigenvalue weighted by atomic mass is 10.1. The molecule has 0 spiro atoms. The number of rotatable bonds is 5. The van der Waals surface area contributed by atoms with E-state index in [2.05, 4.69) is 31.7 Å². The van der Waals surface area contributed by atoms with Gasteiger partial charge in [0.05, 0.1) is 18.0 Å². The van der Waals surface area contributed by atoms with Gasteiger partial charge in [0.15, 0.2) is 0 Å². The molecule has 4 nitrogen and oxygen atoms in total. The molecule has 1 fully saturated rings. The molecule has 1 rings (SSSR count). The zero-order valence-electron chi connectivity index (χ0n) is 11.3. The number of hydrogen-bond donors (Lipinski definition) is 0. The van der Waals surface area contributed by atoms with Gasteiger partial charge < -0.3 is 4.90 Å². The molecule has 0 N–H and O–H groups in total. The summed E-state index contributed by atoms with van der Waals surface area (Å²) in [4.78, 5) is 16.3. The van der Waals surface area contributed by atoms with Crippen LogP contribution >= 0.6 is 0 Å². The molecule has 0 aromatic rings. The molecule has 1 heterocycles. The monoisotopic (exact) mass is 237 g/mol. The van der Waals surface area contributed by atoms with Crippen LogP contribution in [0.2, 0.25) is 0 Å². The van der Waals surface area contributed by atoms with E-state index in [9.17, 15) is 4.79 Å². The van der Waals surface area contributed by atoms with Crippen molar-refractivity contribution in [1.29, 1.82) is 5.26 Å². The Balaban J connectivity index is 2.66. The van der Waals surface area contributed by atoms with Crippen LogP contribution in [0, 0.1) is 17.2 Å². The summed E-state index contributed by atoms with van der Waals surface area (Å²) in [5.74, 6) is 0.211. The highest BCUT2D eigenvalue weighted by molar-refractivity contribution is 5.84. The quantitative estimate of drug-likeness (QED) is 0.727. The predicted octanol–water partition coefficient (Wildman–Crippen LogP) is 1.48. The van der Waals surface area contributed by atoms with E-state index in [-0.39, 0.29) is 23.9 Å². The van der Waals surface area contributed by atoms with Crippen LogP contribution in [-0.4, -0.2) is 47.4 Å². The molecular formula is C13H23N3O. The van der Waals surface area contributed by atoms with Crippen LogP contribution in [0.1, 0.15) is 34.1 Å². The molecule has 0 saturated carbocycles. The van der Waals surface area contributed by atoms with Crippen molar-refractivity contribution in [3.05, 3.63) is 0 Å². The van der Waals surface area contributed by atoms with Crippen LogP contribution in [0.4, 0.5) is 0 Å². The number of likely N-dealkylation sites (N-methyl/N-ethyl adjacent to an activating group) is 1. The third-order valence-corrected chi connectivity index (χ3v) is 3.41. The van der Waals surface area contributed by atoms with Crippen molar-refractivity contribution in [3.8, 4) is 6.07 Å². The van der Waals surface area contributed by atoms with E-state index in [0.717, 1.165) is 19.5 Å². The molecule has 0 unspecified atom stereocenters. The molecule has 1 saturated heterocycles. The standard InChI is InChI=1S/C13H23N3O/c1-5-15(9-11(4)8-14)12-6-7-16(10(2)3)13(12)17/h10-12H,5-7,9H2,1-4H3/t11-,12+/m1/s1. The SMILES string of the molecule is CCN(C[C@H](C)C#N)[C@H]1CCN(C(C)C)C1=O. The van der Waals surface area contributed by atoms with Crippen LogP contribution < -0.4 is 0 Å². The van der Waals surface area contributed by atoms with Gasteiger partial charge in [-0.05, 0) is 33.7 Å². The normalized spacial score (nSPS) is 22.3. The topological polar surface area (TPSA) is 47.3 Å². The predicted molar refractivity (Wildman–Crippen MR) is 67.3 cm³/mol. The number of likely N-dealkylation sites (tertiary alicyclic amines) is 1. The number of amides is 1. The second-order valence-electron chi connectivity index (χ2n) is 5.05. The molecule has 2 atom stereocenters. The van der Waals surface area contributed by atoms with Gasteiger partial charge in [-0.2, -0.15) is 5.26 Å². The molecule has 17 heavy (non-hydrogen) atoms. The number of nitrogens with zero attached hydrogens (tertiary/aromatic N) is 3. The van der Waals surface area contributed by atoms with Gasteiger partial charge in [-0.1, -0.05) is 6.92 Å². The van der Waals surface area contributed by atoms with Gasteiger partial charge in [0.25, 0.3) is 0 Å². The Bertz CT molecular complexity index is 308. The van der Waals surface area contributed by atoms with Gasteiger partial charge in [-0.25, -0.2) is 0 Å². The molecular weight excluding hydrogens is 214 g/mol. The number of hydrogen-bond acceptors (Lipinski definition) is 3. The Hall–Kier alpha value is -1.08. The average Bonchev–Trinajstić information content (AvgIpc) is 2.67. The molecule has 1 aliphatic rings. The van der Waals surface area contributed by atoms with Crippen LogP contribution in [0.3, 0.4) is 0 Å². The third kappa shape index (κ3) is 3.19. The molecule has 0 aromatic heterocycles. The maximum atomic E-state index is 12.2. The molecule has 0 aliphatic carbocycles. The largest absolute Gasteiger partial charge is 0.339 e. The van der Waals surface area contributed by atoms with Gasteiger partial charge in [0, 0.05) is 19.1 Å². The fourth-order valence-electron chi connectivity index (χ4n) is 2.41. The van der Waals surface area contributed by atoms with Crippen LogP contribution in [0.5, 0.6) is 0 Å². The van der Waals surface area contributed by atoms with E-state index in [1.54, 1.807) is 0 Å². The minimum atomic E-state index is -0.0177. The van der Waals surface area contributed by atoms with E-state index in [1.807, 2.05) is 11.8 Å². The van der Waals surface area contributed by atoms with Crippen molar-refractivity contribution in [2.45, 2.75) is 46.2 Å². The second-order valence-corrected chi connectivity index (χ2v) is 5.05. The maximum absolute atomic E-state index is 12.2. The molecule has 0 bridgehead atoms. The van der Waals surface area contributed by atoms with Crippen LogP contribution in [-0.2, 0) is 4.79 Å². The van der Waals surface area contributed by atoms with Gasteiger partial charge >= 0.3 is 0 Å². The van der Waals surface area contributed by atoms with Crippen molar-refractivity contribution >= 4 is 5.91 Å². The van der Waals surface area contributed by atoms with E-state index in [0.29, 0.717) is 6.54 Å².